The number of rotatable bonds is 6. The fourth-order valence-electron chi connectivity index (χ4n) is 1.88. The van der Waals surface area contributed by atoms with Gasteiger partial charge >= 0.3 is 5.97 Å². The Morgan fingerprint density at radius 1 is 1.29 bits per heavy atom. The molecule has 0 heterocycles. The summed E-state index contributed by atoms with van der Waals surface area (Å²) in [6.07, 6.45) is 0. The SMILES string of the molecule is COC(=O)C(C)CN(C)S(=O)(=O)c1ccc(C(C)N)cc1. The molecule has 0 amide bonds. The molecule has 1 aromatic carbocycles. The van der Waals surface area contributed by atoms with Gasteiger partial charge in [0.2, 0.25) is 10.0 Å². The Hall–Kier alpha value is -1.44. The molecule has 2 N–H and O–H groups in total. The van der Waals surface area contributed by atoms with Gasteiger partial charge in [-0.1, -0.05) is 19.1 Å². The van der Waals surface area contributed by atoms with Gasteiger partial charge in [-0.2, -0.15) is 0 Å². The van der Waals surface area contributed by atoms with Crippen molar-refractivity contribution in [2.75, 3.05) is 20.7 Å². The maximum absolute atomic E-state index is 12.4. The number of sulfonamides is 1. The summed E-state index contributed by atoms with van der Waals surface area (Å²) in [5.41, 5.74) is 6.60. The van der Waals surface area contributed by atoms with Crippen molar-refractivity contribution in [1.82, 2.24) is 4.31 Å². The molecule has 1 aromatic rings. The topological polar surface area (TPSA) is 89.7 Å². The van der Waals surface area contributed by atoms with Crippen LogP contribution in [-0.2, 0) is 19.6 Å². The normalized spacial score (nSPS) is 14.8. The van der Waals surface area contributed by atoms with E-state index in [9.17, 15) is 13.2 Å². The summed E-state index contributed by atoms with van der Waals surface area (Å²) in [5, 5.41) is 0. The van der Waals surface area contributed by atoms with Crippen LogP contribution >= 0.6 is 0 Å². The maximum Gasteiger partial charge on any atom is 0.309 e. The van der Waals surface area contributed by atoms with Crippen LogP contribution in [0.3, 0.4) is 0 Å². The van der Waals surface area contributed by atoms with Gasteiger partial charge in [-0.05, 0) is 24.6 Å². The molecule has 118 valence electrons. The molecular weight excluding hydrogens is 292 g/mol. The standard InChI is InChI=1S/C14H22N2O4S/c1-10(14(17)20-4)9-16(3)21(18,19)13-7-5-12(6-8-13)11(2)15/h5-8,10-11H,9,15H2,1-4H3. The van der Waals surface area contributed by atoms with E-state index >= 15 is 0 Å². The van der Waals surface area contributed by atoms with Crippen molar-refractivity contribution >= 4 is 16.0 Å². The summed E-state index contributed by atoms with van der Waals surface area (Å²) in [6.45, 7) is 3.51. The first-order valence-electron chi connectivity index (χ1n) is 6.59. The quantitative estimate of drug-likeness (QED) is 0.795. The molecule has 7 heteroatoms. The molecule has 2 unspecified atom stereocenters. The van der Waals surface area contributed by atoms with Crippen LogP contribution in [0.1, 0.15) is 25.5 Å². The van der Waals surface area contributed by atoms with Gasteiger partial charge in [0.15, 0.2) is 0 Å². The average molecular weight is 314 g/mol. The number of carbonyl (C=O) groups excluding carboxylic acids is 1. The number of methoxy groups -OCH3 is 1. The summed E-state index contributed by atoms with van der Waals surface area (Å²) in [7, 11) is -0.917. The highest BCUT2D eigenvalue weighted by Crippen LogP contribution is 2.18. The second kappa shape index (κ2) is 7.02. The molecule has 0 fully saturated rings. The molecule has 0 saturated heterocycles. The molecular formula is C14H22N2O4S. The number of ether oxygens (including phenoxy) is 1. The molecule has 0 aliphatic rings. The minimum atomic E-state index is -3.63. The van der Waals surface area contributed by atoms with Crippen molar-refractivity contribution in [3.05, 3.63) is 29.8 Å². The molecule has 6 nitrogen and oxygen atoms in total. The predicted molar refractivity (Wildman–Crippen MR) is 80.0 cm³/mol. The second-order valence-corrected chi connectivity index (χ2v) is 7.11. The summed E-state index contributed by atoms with van der Waals surface area (Å²) < 4.78 is 30.6. The van der Waals surface area contributed by atoms with E-state index in [-0.39, 0.29) is 17.5 Å². The number of carbonyl (C=O) groups is 1. The van der Waals surface area contributed by atoms with Crippen molar-refractivity contribution in [2.24, 2.45) is 11.7 Å². The minimum absolute atomic E-state index is 0.0596. The van der Waals surface area contributed by atoms with Crippen LogP contribution in [-0.4, -0.2) is 39.4 Å². The van der Waals surface area contributed by atoms with Crippen LogP contribution in [0, 0.1) is 5.92 Å². The van der Waals surface area contributed by atoms with Crippen LogP contribution in [0.15, 0.2) is 29.2 Å². The van der Waals surface area contributed by atoms with E-state index in [1.165, 1.54) is 26.3 Å². The third-order valence-corrected chi connectivity index (χ3v) is 5.09. The van der Waals surface area contributed by atoms with Gasteiger partial charge in [0.1, 0.15) is 0 Å². The largest absolute Gasteiger partial charge is 0.469 e. The fourth-order valence-corrected chi connectivity index (χ4v) is 3.14. The first-order chi connectivity index (χ1) is 9.70. The summed E-state index contributed by atoms with van der Waals surface area (Å²) >= 11 is 0. The Bertz CT molecular complexity index is 581. The van der Waals surface area contributed by atoms with E-state index in [1.807, 2.05) is 6.92 Å². The van der Waals surface area contributed by atoms with Crippen molar-refractivity contribution in [1.29, 1.82) is 0 Å². The lowest BCUT2D eigenvalue weighted by Gasteiger charge is -2.20. The molecule has 0 radical (unpaired) electrons. The Kier molecular flexibility index (Phi) is 5.88. The van der Waals surface area contributed by atoms with Gasteiger partial charge in [0, 0.05) is 19.6 Å². The van der Waals surface area contributed by atoms with Crippen molar-refractivity contribution < 1.29 is 17.9 Å². The summed E-state index contributed by atoms with van der Waals surface area (Å²) in [4.78, 5) is 11.5. The zero-order valence-corrected chi connectivity index (χ0v) is 13.6. The molecule has 2 atom stereocenters. The first kappa shape index (κ1) is 17.6. The first-order valence-corrected chi connectivity index (χ1v) is 8.04. The van der Waals surface area contributed by atoms with Crippen LogP contribution in [0.2, 0.25) is 0 Å². The highest BCUT2D eigenvalue weighted by atomic mass is 32.2. The predicted octanol–water partition coefficient (Wildman–Crippen LogP) is 1.14. The molecule has 0 aromatic heterocycles. The molecule has 0 bridgehead atoms. The molecule has 0 spiro atoms. The smallest absolute Gasteiger partial charge is 0.309 e. The third kappa shape index (κ3) is 4.26. The second-order valence-electron chi connectivity index (χ2n) is 5.07. The van der Waals surface area contributed by atoms with Gasteiger partial charge in [-0.25, -0.2) is 12.7 Å². The fraction of sp³-hybridized carbons (Fsp3) is 0.500. The highest BCUT2D eigenvalue weighted by Gasteiger charge is 2.25. The van der Waals surface area contributed by atoms with Crippen molar-refractivity contribution in [3.8, 4) is 0 Å². The molecule has 0 saturated carbocycles. The van der Waals surface area contributed by atoms with Gasteiger partial charge in [0.25, 0.3) is 0 Å². The van der Waals surface area contributed by atoms with Gasteiger partial charge in [0.05, 0.1) is 17.9 Å². The Labute approximate surface area is 125 Å². The van der Waals surface area contributed by atoms with E-state index in [4.69, 9.17) is 5.73 Å². The number of nitrogens with zero attached hydrogens (tertiary/aromatic N) is 1. The summed E-state index contributed by atoms with van der Waals surface area (Å²) in [6, 6.07) is 6.27. The van der Waals surface area contributed by atoms with Crippen LogP contribution < -0.4 is 5.73 Å². The van der Waals surface area contributed by atoms with E-state index in [0.29, 0.717) is 0 Å². The monoisotopic (exact) mass is 314 g/mol. The summed E-state index contributed by atoms with van der Waals surface area (Å²) in [5.74, 6) is -0.970. The highest BCUT2D eigenvalue weighted by molar-refractivity contribution is 7.89. The number of esters is 1. The van der Waals surface area contributed by atoms with E-state index in [0.717, 1.165) is 9.87 Å². The van der Waals surface area contributed by atoms with Crippen LogP contribution in [0.5, 0.6) is 0 Å². The van der Waals surface area contributed by atoms with Crippen molar-refractivity contribution in [3.63, 3.8) is 0 Å². The number of hydrogen-bond donors (Lipinski definition) is 1. The van der Waals surface area contributed by atoms with Crippen LogP contribution in [0.4, 0.5) is 0 Å². The zero-order chi connectivity index (χ0) is 16.2. The maximum atomic E-state index is 12.4. The lowest BCUT2D eigenvalue weighted by Crippen LogP contribution is -2.34. The van der Waals surface area contributed by atoms with Gasteiger partial charge in [-0.3, -0.25) is 4.79 Å². The third-order valence-electron chi connectivity index (χ3n) is 3.25. The molecule has 0 aliphatic heterocycles. The minimum Gasteiger partial charge on any atom is -0.469 e. The van der Waals surface area contributed by atoms with Crippen LogP contribution in [0.25, 0.3) is 0 Å². The molecule has 1 rings (SSSR count). The molecule has 0 aliphatic carbocycles. The Balaban J connectivity index is 2.91. The average Bonchev–Trinajstić information content (AvgIpc) is 2.46. The number of hydrogen-bond acceptors (Lipinski definition) is 5. The zero-order valence-electron chi connectivity index (χ0n) is 12.7. The van der Waals surface area contributed by atoms with Gasteiger partial charge < -0.3 is 10.5 Å². The lowest BCUT2D eigenvalue weighted by atomic mass is 10.1. The van der Waals surface area contributed by atoms with E-state index in [1.54, 1.807) is 19.1 Å². The van der Waals surface area contributed by atoms with Gasteiger partial charge in [-0.15, -0.1) is 0 Å². The van der Waals surface area contributed by atoms with Crippen molar-refractivity contribution in [2.45, 2.75) is 24.8 Å². The number of nitrogens with two attached hydrogens (primary N) is 1. The van der Waals surface area contributed by atoms with E-state index in [2.05, 4.69) is 4.74 Å². The Morgan fingerprint density at radius 2 is 1.81 bits per heavy atom. The number of benzene rings is 1. The molecule has 21 heavy (non-hydrogen) atoms. The Morgan fingerprint density at radius 3 is 2.24 bits per heavy atom. The lowest BCUT2D eigenvalue weighted by molar-refractivity contribution is -0.144. The van der Waals surface area contributed by atoms with E-state index < -0.39 is 21.9 Å².